The minimum Gasteiger partial charge on any atom is -0.507 e. The van der Waals surface area contributed by atoms with Crippen molar-refractivity contribution < 1.29 is 29.1 Å². The lowest BCUT2D eigenvalue weighted by Gasteiger charge is -2.50. The maximum Gasteiger partial charge on any atom is 0.328 e. The fourth-order valence-corrected chi connectivity index (χ4v) is 8.99. The van der Waals surface area contributed by atoms with E-state index in [2.05, 4.69) is 0 Å². The second kappa shape index (κ2) is 10.4. The molecule has 9 nitrogen and oxygen atoms in total. The molecule has 0 spiro atoms. The maximum atomic E-state index is 15.3. The SMILES string of the molecule is NC(=O)N1C(=O)C2CC=C3C(CC4C(=O)N(c5cccc(Cl)c5)C(=O)C4(c4ccccc4)C3c3ccc4ccccc4c3O)C2C1=O. The Hall–Kier alpha value is -5.28. The predicted molar refractivity (Wildman–Crippen MR) is 173 cm³/mol. The van der Waals surface area contributed by atoms with Gasteiger partial charge < -0.3 is 10.8 Å². The highest BCUT2D eigenvalue weighted by molar-refractivity contribution is 6.32. The van der Waals surface area contributed by atoms with Gasteiger partial charge in [-0.05, 0) is 47.9 Å². The molecule has 1 saturated carbocycles. The number of carbonyl (C=O) groups is 5. The minimum atomic E-state index is -1.54. The highest BCUT2D eigenvalue weighted by Crippen LogP contribution is 2.65. The molecule has 4 aliphatic rings. The van der Waals surface area contributed by atoms with Gasteiger partial charge >= 0.3 is 6.03 Å². The zero-order valence-corrected chi connectivity index (χ0v) is 25.6. The Morgan fingerprint density at radius 3 is 2.34 bits per heavy atom. The number of rotatable bonds is 3. The third-order valence-corrected chi connectivity index (χ3v) is 10.9. The average molecular weight is 646 g/mol. The summed E-state index contributed by atoms with van der Waals surface area (Å²) in [7, 11) is 0. The predicted octanol–water partition coefficient (Wildman–Crippen LogP) is 5.44. The Labute approximate surface area is 274 Å². The normalized spacial score (nSPS) is 28.3. The first kappa shape index (κ1) is 29.1. The molecule has 2 aliphatic carbocycles. The van der Waals surface area contributed by atoms with E-state index in [1.807, 2.05) is 48.5 Å². The molecule has 4 aromatic rings. The molecule has 8 rings (SSSR count). The van der Waals surface area contributed by atoms with E-state index in [4.69, 9.17) is 17.3 Å². The molecule has 6 amide bonds. The number of carbonyl (C=O) groups excluding carboxylic acids is 5. The maximum absolute atomic E-state index is 15.3. The molecule has 6 atom stereocenters. The highest BCUT2D eigenvalue weighted by Gasteiger charge is 2.70. The van der Waals surface area contributed by atoms with Crippen LogP contribution in [0.15, 0.2) is 103 Å². The number of hydrogen-bond donors (Lipinski definition) is 2. The number of likely N-dealkylation sites (tertiary alicyclic amines) is 1. The van der Waals surface area contributed by atoms with E-state index in [0.717, 1.165) is 5.39 Å². The molecule has 3 fully saturated rings. The number of primary amides is 1. The van der Waals surface area contributed by atoms with Gasteiger partial charge in [0.1, 0.15) is 5.75 Å². The van der Waals surface area contributed by atoms with Crippen LogP contribution in [0.5, 0.6) is 5.75 Å². The highest BCUT2D eigenvalue weighted by atomic mass is 35.5. The fraction of sp³-hybridized carbons (Fsp3) is 0.216. The topological polar surface area (TPSA) is 138 Å². The van der Waals surface area contributed by atoms with Crippen molar-refractivity contribution in [2.24, 2.45) is 29.4 Å². The van der Waals surface area contributed by atoms with Gasteiger partial charge in [-0.1, -0.05) is 96.0 Å². The standard InChI is InChI=1S/C37H28ClN3O6/c38-21-10-6-11-22(17-21)40-33(44)28-18-27-24(15-16-25-29(27)34(45)41(32(25)43)36(39)47)30(37(28,35(40)46)20-8-2-1-3-9-20)26-14-13-19-7-4-5-12-23(19)31(26)42/h1-15,17,25,27-30,42H,16,18H2,(H2,39,47). The molecule has 6 unspecified atom stereocenters. The van der Waals surface area contributed by atoms with E-state index in [9.17, 15) is 24.3 Å². The molecule has 0 radical (unpaired) electrons. The number of allylic oxidation sites excluding steroid dienone is 2. The summed E-state index contributed by atoms with van der Waals surface area (Å²) in [6.07, 6.45) is 2.05. The Morgan fingerprint density at radius 2 is 1.60 bits per heavy atom. The van der Waals surface area contributed by atoms with E-state index < -0.39 is 64.7 Å². The molecule has 2 saturated heterocycles. The van der Waals surface area contributed by atoms with Crippen LogP contribution in [0.1, 0.15) is 29.9 Å². The number of halogens is 1. The van der Waals surface area contributed by atoms with Crippen molar-refractivity contribution in [1.82, 2.24) is 4.90 Å². The van der Waals surface area contributed by atoms with Gasteiger partial charge in [0, 0.05) is 21.9 Å². The molecule has 0 bridgehead atoms. The van der Waals surface area contributed by atoms with Crippen LogP contribution in [-0.4, -0.2) is 39.7 Å². The summed E-state index contributed by atoms with van der Waals surface area (Å²) in [6, 6.07) is 25.4. The third kappa shape index (κ3) is 3.86. The number of benzene rings is 4. The second-order valence-corrected chi connectivity index (χ2v) is 13.1. The van der Waals surface area contributed by atoms with E-state index in [1.165, 1.54) is 4.90 Å². The molecular formula is C37H28ClN3O6. The number of fused-ring (bicyclic) bond motifs is 5. The second-order valence-electron chi connectivity index (χ2n) is 12.7. The van der Waals surface area contributed by atoms with E-state index in [1.54, 1.807) is 48.5 Å². The van der Waals surface area contributed by atoms with Gasteiger partial charge in [0.2, 0.25) is 23.6 Å². The number of anilines is 1. The first-order valence-corrected chi connectivity index (χ1v) is 15.8. The lowest BCUT2D eigenvalue weighted by atomic mass is 9.49. The van der Waals surface area contributed by atoms with Gasteiger partial charge in [-0.25, -0.2) is 9.69 Å². The third-order valence-electron chi connectivity index (χ3n) is 10.6. The van der Waals surface area contributed by atoms with Crippen LogP contribution >= 0.6 is 11.6 Å². The lowest BCUT2D eigenvalue weighted by Crippen LogP contribution is -2.53. The van der Waals surface area contributed by atoms with E-state index in [-0.39, 0.29) is 18.6 Å². The summed E-state index contributed by atoms with van der Waals surface area (Å²) in [5.74, 6) is -6.77. The number of nitrogens with zero attached hydrogens (tertiary/aromatic N) is 2. The number of hydrogen-bond acceptors (Lipinski definition) is 6. The molecule has 2 heterocycles. The van der Waals surface area contributed by atoms with Crippen molar-refractivity contribution in [2.45, 2.75) is 24.2 Å². The Bertz CT molecular complexity index is 2100. The Morgan fingerprint density at radius 1 is 0.851 bits per heavy atom. The molecular weight excluding hydrogens is 618 g/mol. The summed E-state index contributed by atoms with van der Waals surface area (Å²) in [6.45, 7) is 0. The number of aromatic hydroxyl groups is 1. The van der Waals surface area contributed by atoms with Crippen molar-refractivity contribution in [3.8, 4) is 5.75 Å². The molecule has 10 heteroatoms. The fourth-order valence-electron chi connectivity index (χ4n) is 8.81. The smallest absolute Gasteiger partial charge is 0.328 e. The average Bonchev–Trinajstić information content (AvgIpc) is 3.46. The number of imide groups is 4. The zero-order valence-electron chi connectivity index (χ0n) is 24.9. The van der Waals surface area contributed by atoms with Crippen molar-refractivity contribution in [3.05, 3.63) is 119 Å². The van der Waals surface area contributed by atoms with Crippen molar-refractivity contribution in [1.29, 1.82) is 0 Å². The van der Waals surface area contributed by atoms with Crippen LogP contribution in [-0.2, 0) is 24.6 Å². The molecule has 234 valence electrons. The number of phenolic OH excluding ortho intramolecular Hbond substituents is 1. The Kier molecular flexibility index (Phi) is 6.43. The molecule has 0 aromatic heterocycles. The molecule has 47 heavy (non-hydrogen) atoms. The van der Waals surface area contributed by atoms with Crippen LogP contribution in [0.3, 0.4) is 0 Å². The van der Waals surface area contributed by atoms with Crippen molar-refractivity contribution in [2.75, 3.05) is 4.90 Å². The Balaban J connectivity index is 1.43. The van der Waals surface area contributed by atoms with Crippen LogP contribution in [0, 0.1) is 23.7 Å². The first-order chi connectivity index (χ1) is 22.7. The van der Waals surface area contributed by atoms with Crippen molar-refractivity contribution >= 4 is 57.7 Å². The molecule has 2 aliphatic heterocycles. The number of amides is 6. The summed E-state index contributed by atoms with van der Waals surface area (Å²) < 4.78 is 0. The van der Waals surface area contributed by atoms with Crippen molar-refractivity contribution in [3.63, 3.8) is 0 Å². The zero-order chi connectivity index (χ0) is 32.8. The summed E-state index contributed by atoms with van der Waals surface area (Å²) in [5, 5.41) is 13.7. The van der Waals surface area contributed by atoms with Gasteiger partial charge in [-0.15, -0.1) is 0 Å². The number of nitrogens with two attached hydrogens (primary N) is 1. The monoisotopic (exact) mass is 645 g/mol. The summed E-state index contributed by atoms with van der Waals surface area (Å²) in [4.78, 5) is 71.0. The minimum absolute atomic E-state index is 0.0418. The summed E-state index contributed by atoms with van der Waals surface area (Å²) in [5.41, 5.74) is 5.93. The van der Waals surface area contributed by atoms with Gasteiger partial charge in [0.15, 0.2) is 0 Å². The molecule has 3 N–H and O–H groups in total. The summed E-state index contributed by atoms with van der Waals surface area (Å²) >= 11 is 6.35. The van der Waals surface area contributed by atoms with Crippen LogP contribution in [0.25, 0.3) is 10.8 Å². The van der Waals surface area contributed by atoms with Gasteiger partial charge in [0.05, 0.1) is 28.9 Å². The first-order valence-electron chi connectivity index (χ1n) is 15.4. The largest absolute Gasteiger partial charge is 0.507 e. The van der Waals surface area contributed by atoms with Crippen LogP contribution in [0.4, 0.5) is 10.5 Å². The molecule has 4 aromatic carbocycles. The quantitative estimate of drug-likeness (QED) is 0.225. The number of phenols is 1. The van der Waals surface area contributed by atoms with Gasteiger partial charge in [-0.3, -0.25) is 19.2 Å². The van der Waals surface area contributed by atoms with Gasteiger partial charge in [0.25, 0.3) is 0 Å². The van der Waals surface area contributed by atoms with Crippen LogP contribution < -0.4 is 10.6 Å². The lowest BCUT2D eigenvalue weighted by molar-refractivity contribution is -0.136. The van der Waals surface area contributed by atoms with Crippen LogP contribution in [0.2, 0.25) is 5.02 Å². The van der Waals surface area contributed by atoms with E-state index in [0.29, 0.717) is 37.7 Å². The number of urea groups is 1. The van der Waals surface area contributed by atoms with E-state index >= 15 is 4.79 Å². The van der Waals surface area contributed by atoms with Gasteiger partial charge in [-0.2, -0.15) is 4.90 Å².